The van der Waals surface area contributed by atoms with Gasteiger partial charge in [-0.25, -0.2) is 14.4 Å². The molecule has 0 saturated carbocycles. The molecule has 1 amide bonds. The molecule has 0 aliphatic rings. The summed E-state index contributed by atoms with van der Waals surface area (Å²) in [4.78, 5) is 19.5. The second-order valence-electron chi connectivity index (χ2n) is 6.41. The zero-order valence-electron chi connectivity index (χ0n) is 17.3. The molecule has 9 nitrogen and oxygen atoms in total. The van der Waals surface area contributed by atoms with Crippen LogP contribution in [0.4, 0.5) is 33.2 Å². The molecule has 10 heteroatoms. The fraction of sp³-hybridized carbons (Fsp3) is 0.136. The van der Waals surface area contributed by atoms with Gasteiger partial charge in [0.2, 0.25) is 11.9 Å². The Balaban J connectivity index is 1.75. The number of carbonyl (C=O) groups is 1. The van der Waals surface area contributed by atoms with Crippen LogP contribution in [0.3, 0.4) is 0 Å². The number of benzene rings is 2. The monoisotopic (exact) mass is 439 g/mol. The first-order chi connectivity index (χ1) is 15.5. The number of ether oxygens (including phenoxy) is 2. The summed E-state index contributed by atoms with van der Waals surface area (Å²) in [5.74, 6) is -0.876. The molecule has 1 heterocycles. The number of methoxy groups -OCH3 is 1. The molecule has 1 aromatic heterocycles. The van der Waals surface area contributed by atoms with Crippen LogP contribution in [0.15, 0.2) is 67.4 Å². The third-order valence-electron chi connectivity index (χ3n) is 4.14. The van der Waals surface area contributed by atoms with E-state index in [1.54, 1.807) is 43.5 Å². The fourth-order valence-electron chi connectivity index (χ4n) is 2.60. The summed E-state index contributed by atoms with van der Waals surface area (Å²) in [6, 6.07) is 13.2. The molecule has 0 bridgehead atoms. The fourth-order valence-corrected chi connectivity index (χ4v) is 2.60. The van der Waals surface area contributed by atoms with E-state index in [0.29, 0.717) is 35.4 Å². The largest absolute Gasteiger partial charge is 0.491 e. The molecule has 0 fully saturated rings. The Morgan fingerprint density at radius 1 is 1.22 bits per heavy atom. The number of nitrogens with one attached hydrogen (secondary N) is 2. The summed E-state index contributed by atoms with van der Waals surface area (Å²) < 4.78 is 24.8. The van der Waals surface area contributed by atoms with E-state index in [4.69, 9.17) is 9.47 Å². The maximum atomic E-state index is 14.3. The third kappa shape index (κ3) is 6.00. The highest BCUT2D eigenvalue weighted by Gasteiger charge is 2.16. The van der Waals surface area contributed by atoms with Gasteiger partial charge in [-0.3, -0.25) is 10.0 Å². The van der Waals surface area contributed by atoms with Crippen molar-refractivity contribution in [3.63, 3.8) is 0 Å². The number of aromatic nitrogens is 2. The van der Waals surface area contributed by atoms with Crippen LogP contribution in [0.25, 0.3) is 0 Å². The summed E-state index contributed by atoms with van der Waals surface area (Å²) in [6.07, 6.45) is 2.06. The molecular formula is C22H22FN5O4. The van der Waals surface area contributed by atoms with E-state index in [-0.39, 0.29) is 17.5 Å². The zero-order chi connectivity index (χ0) is 22.9. The van der Waals surface area contributed by atoms with Crippen molar-refractivity contribution in [1.82, 2.24) is 9.97 Å². The Hall–Kier alpha value is -4.02. The molecular weight excluding hydrogens is 417 g/mol. The van der Waals surface area contributed by atoms with Crippen LogP contribution >= 0.6 is 0 Å². The summed E-state index contributed by atoms with van der Waals surface area (Å²) in [7, 11) is 1.60. The lowest BCUT2D eigenvalue weighted by Gasteiger charge is -2.18. The summed E-state index contributed by atoms with van der Waals surface area (Å²) in [5, 5.41) is 16.6. The van der Waals surface area contributed by atoms with Crippen molar-refractivity contribution in [2.24, 2.45) is 0 Å². The Labute approximate surface area is 184 Å². The molecule has 32 heavy (non-hydrogen) atoms. The number of anilines is 5. The van der Waals surface area contributed by atoms with Crippen molar-refractivity contribution >= 4 is 34.7 Å². The molecule has 2 aromatic carbocycles. The molecule has 166 valence electrons. The van der Waals surface area contributed by atoms with E-state index in [2.05, 4.69) is 27.2 Å². The Kier molecular flexibility index (Phi) is 7.68. The van der Waals surface area contributed by atoms with Crippen LogP contribution in [0.2, 0.25) is 0 Å². The first kappa shape index (κ1) is 22.7. The lowest BCUT2D eigenvalue weighted by molar-refractivity contribution is -0.111. The van der Waals surface area contributed by atoms with Crippen molar-refractivity contribution in [3.8, 4) is 5.75 Å². The van der Waals surface area contributed by atoms with E-state index in [0.717, 1.165) is 12.3 Å². The number of halogens is 1. The van der Waals surface area contributed by atoms with Gasteiger partial charge in [0.15, 0.2) is 11.6 Å². The Morgan fingerprint density at radius 3 is 2.72 bits per heavy atom. The molecule has 0 aliphatic heterocycles. The van der Waals surface area contributed by atoms with Crippen LogP contribution in [-0.2, 0) is 9.53 Å². The maximum Gasteiger partial charge on any atom is 0.247 e. The van der Waals surface area contributed by atoms with Crippen LogP contribution < -0.4 is 20.4 Å². The number of nitrogens with zero attached hydrogens (tertiary/aromatic N) is 3. The smallest absolute Gasteiger partial charge is 0.247 e. The van der Waals surface area contributed by atoms with Crippen molar-refractivity contribution in [3.05, 3.63) is 73.2 Å². The van der Waals surface area contributed by atoms with Gasteiger partial charge in [0, 0.05) is 18.5 Å². The van der Waals surface area contributed by atoms with Gasteiger partial charge in [0.25, 0.3) is 0 Å². The second kappa shape index (κ2) is 10.8. The summed E-state index contributed by atoms with van der Waals surface area (Å²) in [6.45, 7) is 4.29. The average molecular weight is 439 g/mol. The van der Waals surface area contributed by atoms with E-state index >= 15 is 0 Å². The van der Waals surface area contributed by atoms with Gasteiger partial charge in [-0.05, 0) is 48.5 Å². The molecule has 3 rings (SSSR count). The normalized spacial score (nSPS) is 10.3. The summed E-state index contributed by atoms with van der Waals surface area (Å²) >= 11 is 0. The van der Waals surface area contributed by atoms with E-state index in [1.807, 2.05) is 0 Å². The molecule has 0 radical (unpaired) electrons. The number of hydrogen-bond donors (Lipinski definition) is 3. The highest BCUT2D eigenvalue weighted by atomic mass is 19.1. The first-order valence-electron chi connectivity index (χ1n) is 9.54. The van der Waals surface area contributed by atoms with Gasteiger partial charge in [0.05, 0.1) is 18.5 Å². The van der Waals surface area contributed by atoms with Crippen molar-refractivity contribution in [2.75, 3.05) is 36.0 Å². The second-order valence-corrected chi connectivity index (χ2v) is 6.41. The topological polar surface area (TPSA) is 109 Å². The molecule has 0 aliphatic carbocycles. The highest BCUT2D eigenvalue weighted by Crippen LogP contribution is 2.27. The maximum absolute atomic E-state index is 14.3. The molecule has 3 N–H and O–H groups in total. The van der Waals surface area contributed by atoms with Gasteiger partial charge in [-0.1, -0.05) is 12.6 Å². The van der Waals surface area contributed by atoms with E-state index < -0.39 is 11.7 Å². The predicted molar refractivity (Wildman–Crippen MR) is 118 cm³/mol. The number of carbonyl (C=O) groups excluding carboxylic acids is 1. The third-order valence-corrected chi connectivity index (χ3v) is 4.14. The minimum absolute atomic E-state index is 0.0737. The quantitative estimate of drug-likeness (QED) is 0.247. The van der Waals surface area contributed by atoms with E-state index in [9.17, 15) is 14.4 Å². The lowest BCUT2D eigenvalue weighted by Crippen LogP contribution is -2.16. The van der Waals surface area contributed by atoms with Crippen LogP contribution in [-0.4, -0.2) is 41.4 Å². The Bertz CT molecular complexity index is 1080. The number of hydrogen-bond acceptors (Lipinski definition) is 8. The molecule has 0 spiro atoms. The predicted octanol–water partition coefficient (Wildman–Crippen LogP) is 4.04. The van der Waals surface area contributed by atoms with Crippen molar-refractivity contribution < 1.29 is 23.9 Å². The molecule has 3 aromatic rings. The SMILES string of the molecule is C=CC(=O)Nc1cccc(N(O)c2nc(Nc3ccc(OCCOC)cc3)ncc2F)c1. The van der Waals surface area contributed by atoms with E-state index in [1.165, 1.54) is 12.1 Å². The number of rotatable bonds is 10. The summed E-state index contributed by atoms with van der Waals surface area (Å²) in [5.41, 5.74) is 1.22. The average Bonchev–Trinajstić information content (AvgIpc) is 2.81. The van der Waals surface area contributed by atoms with Gasteiger partial charge < -0.3 is 20.1 Å². The van der Waals surface area contributed by atoms with Crippen LogP contribution in [0.1, 0.15) is 0 Å². The highest BCUT2D eigenvalue weighted by molar-refractivity contribution is 5.99. The van der Waals surface area contributed by atoms with Gasteiger partial charge in [-0.15, -0.1) is 0 Å². The lowest BCUT2D eigenvalue weighted by atomic mass is 10.2. The minimum atomic E-state index is -0.833. The molecule has 0 unspecified atom stereocenters. The minimum Gasteiger partial charge on any atom is -0.491 e. The van der Waals surface area contributed by atoms with Gasteiger partial charge in [-0.2, -0.15) is 4.98 Å². The molecule has 0 atom stereocenters. The van der Waals surface area contributed by atoms with Crippen molar-refractivity contribution in [1.29, 1.82) is 0 Å². The Morgan fingerprint density at radius 2 is 2.00 bits per heavy atom. The van der Waals surface area contributed by atoms with Gasteiger partial charge in [0.1, 0.15) is 12.4 Å². The number of amides is 1. The van der Waals surface area contributed by atoms with Gasteiger partial charge >= 0.3 is 0 Å². The standard InChI is InChI=1S/C22H22FN5O4/c1-3-20(29)25-16-5-4-6-17(13-16)28(30)21-19(23)14-24-22(27-21)26-15-7-9-18(10-8-15)32-12-11-31-2/h3-10,13-14,30H,1,11-12H2,2H3,(H,25,29)(H,24,26,27). The zero-order valence-corrected chi connectivity index (χ0v) is 17.3. The molecule has 0 saturated heterocycles. The first-order valence-corrected chi connectivity index (χ1v) is 9.54. The van der Waals surface area contributed by atoms with Crippen LogP contribution in [0.5, 0.6) is 5.75 Å². The van der Waals surface area contributed by atoms with Crippen molar-refractivity contribution in [2.45, 2.75) is 0 Å². The van der Waals surface area contributed by atoms with Crippen LogP contribution in [0, 0.1) is 5.82 Å².